The SMILES string of the molecule is Cc1cccc(CCNS(=O)(=O)c2ccccc2CO)c1. The Kier molecular flexibility index (Phi) is 5.12. The topological polar surface area (TPSA) is 66.4 Å². The van der Waals surface area contributed by atoms with Gasteiger partial charge in [0.05, 0.1) is 11.5 Å². The molecule has 2 aromatic rings. The van der Waals surface area contributed by atoms with Crippen LogP contribution in [0.3, 0.4) is 0 Å². The van der Waals surface area contributed by atoms with Crippen molar-refractivity contribution in [3.63, 3.8) is 0 Å². The van der Waals surface area contributed by atoms with E-state index in [4.69, 9.17) is 0 Å². The number of hydrogen-bond donors (Lipinski definition) is 2. The molecule has 0 atom stereocenters. The lowest BCUT2D eigenvalue weighted by atomic mass is 10.1. The highest BCUT2D eigenvalue weighted by Gasteiger charge is 2.16. The van der Waals surface area contributed by atoms with E-state index >= 15 is 0 Å². The first kappa shape index (κ1) is 15.7. The number of aryl methyl sites for hydroxylation is 1. The Morgan fingerprint density at radius 2 is 1.86 bits per heavy atom. The second kappa shape index (κ2) is 6.85. The van der Waals surface area contributed by atoms with Crippen LogP contribution in [0.15, 0.2) is 53.4 Å². The van der Waals surface area contributed by atoms with Crippen molar-refractivity contribution >= 4 is 10.0 Å². The molecule has 112 valence electrons. The Morgan fingerprint density at radius 1 is 1.10 bits per heavy atom. The van der Waals surface area contributed by atoms with E-state index < -0.39 is 10.0 Å². The molecular weight excluding hydrogens is 286 g/mol. The van der Waals surface area contributed by atoms with Crippen molar-refractivity contribution in [1.29, 1.82) is 0 Å². The normalized spacial score (nSPS) is 11.5. The minimum absolute atomic E-state index is 0.136. The van der Waals surface area contributed by atoms with E-state index in [0.29, 0.717) is 18.5 Å². The van der Waals surface area contributed by atoms with E-state index in [1.807, 2.05) is 31.2 Å². The van der Waals surface area contributed by atoms with Crippen LogP contribution >= 0.6 is 0 Å². The van der Waals surface area contributed by atoms with Gasteiger partial charge in [-0.15, -0.1) is 0 Å². The van der Waals surface area contributed by atoms with Gasteiger partial charge in [-0.05, 0) is 30.5 Å². The third-order valence-electron chi connectivity index (χ3n) is 3.22. The zero-order valence-corrected chi connectivity index (χ0v) is 12.7. The summed E-state index contributed by atoms with van der Waals surface area (Å²) in [5, 5.41) is 9.22. The largest absolute Gasteiger partial charge is 0.392 e. The van der Waals surface area contributed by atoms with E-state index in [2.05, 4.69) is 4.72 Å². The average Bonchev–Trinajstić information content (AvgIpc) is 2.47. The monoisotopic (exact) mass is 305 g/mol. The Hall–Kier alpha value is -1.69. The molecule has 2 aromatic carbocycles. The van der Waals surface area contributed by atoms with E-state index in [1.165, 1.54) is 6.07 Å². The molecule has 0 unspecified atom stereocenters. The highest BCUT2D eigenvalue weighted by molar-refractivity contribution is 7.89. The lowest BCUT2D eigenvalue weighted by Crippen LogP contribution is -2.27. The predicted molar refractivity (Wildman–Crippen MR) is 82.4 cm³/mol. The molecule has 0 heterocycles. The lowest BCUT2D eigenvalue weighted by molar-refractivity contribution is 0.278. The number of aliphatic hydroxyl groups excluding tert-OH is 1. The molecule has 0 radical (unpaired) electrons. The third kappa shape index (κ3) is 4.14. The van der Waals surface area contributed by atoms with Crippen molar-refractivity contribution in [2.45, 2.75) is 24.8 Å². The zero-order valence-electron chi connectivity index (χ0n) is 11.9. The quantitative estimate of drug-likeness (QED) is 0.858. The highest BCUT2D eigenvalue weighted by atomic mass is 32.2. The number of nitrogens with one attached hydrogen (secondary N) is 1. The average molecular weight is 305 g/mol. The van der Waals surface area contributed by atoms with Gasteiger partial charge in [-0.2, -0.15) is 0 Å². The van der Waals surface area contributed by atoms with Crippen LogP contribution in [0.1, 0.15) is 16.7 Å². The van der Waals surface area contributed by atoms with Gasteiger partial charge in [-0.1, -0.05) is 48.0 Å². The van der Waals surface area contributed by atoms with Gasteiger partial charge in [0.15, 0.2) is 0 Å². The fourth-order valence-corrected chi connectivity index (χ4v) is 3.43. The van der Waals surface area contributed by atoms with Gasteiger partial charge >= 0.3 is 0 Å². The predicted octanol–water partition coefficient (Wildman–Crippen LogP) is 2.01. The van der Waals surface area contributed by atoms with Crippen LogP contribution in [0.25, 0.3) is 0 Å². The molecule has 0 aromatic heterocycles. The molecule has 2 rings (SSSR count). The van der Waals surface area contributed by atoms with Crippen LogP contribution in [-0.4, -0.2) is 20.1 Å². The summed E-state index contributed by atoms with van der Waals surface area (Å²) in [6, 6.07) is 14.4. The summed E-state index contributed by atoms with van der Waals surface area (Å²) >= 11 is 0. The minimum Gasteiger partial charge on any atom is -0.392 e. The first-order chi connectivity index (χ1) is 10.0. The summed E-state index contributed by atoms with van der Waals surface area (Å²) in [5.41, 5.74) is 2.65. The molecule has 5 heteroatoms. The molecule has 0 aliphatic rings. The van der Waals surface area contributed by atoms with E-state index in [-0.39, 0.29) is 11.5 Å². The molecule has 0 aliphatic heterocycles. The van der Waals surface area contributed by atoms with Crippen molar-refractivity contribution in [3.05, 3.63) is 65.2 Å². The van der Waals surface area contributed by atoms with Crippen LogP contribution in [0.4, 0.5) is 0 Å². The smallest absolute Gasteiger partial charge is 0.240 e. The van der Waals surface area contributed by atoms with Crippen LogP contribution in [-0.2, 0) is 23.1 Å². The maximum Gasteiger partial charge on any atom is 0.240 e. The zero-order chi connectivity index (χ0) is 15.3. The summed E-state index contributed by atoms with van der Waals surface area (Å²) < 4.78 is 27.1. The van der Waals surface area contributed by atoms with Gasteiger partial charge in [0.2, 0.25) is 10.0 Å². The van der Waals surface area contributed by atoms with E-state index in [9.17, 15) is 13.5 Å². The summed E-state index contributed by atoms with van der Waals surface area (Å²) in [6.45, 7) is 2.03. The molecule has 4 nitrogen and oxygen atoms in total. The minimum atomic E-state index is -3.59. The van der Waals surface area contributed by atoms with Gasteiger partial charge in [0.25, 0.3) is 0 Å². The van der Waals surface area contributed by atoms with Gasteiger partial charge in [0.1, 0.15) is 0 Å². The number of rotatable bonds is 6. The maximum absolute atomic E-state index is 12.2. The Bertz CT molecular complexity index is 711. The molecule has 21 heavy (non-hydrogen) atoms. The number of aliphatic hydroxyl groups is 1. The first-order valence-corrected chi connectivity index (χ1v) is 8.25. The van der Waals surface area contributed by atoms with Gasteiger partial charge < -0.3 is 5.11 Å². The molecule has 0 saturated heterocycles. The number of sulfonamides is 1. The molecule has 0 aliphatic carbocycles. The van der Waals surface area contributed by atoms with Crippen molar-refractivity contribution in [2.75, 3.05) is 6.54 Å². The second-order valence-corrected chi connectivity index (χ2v) is 6.64. The van der Waals surface area contributed by atoms with E-state index in [1.54, 1.807) is 18.2 Å². The summed E-state index contributed by atoms with van der Waals surface area (Å²) in [5.74, 6) is 0. The van der Waals surface area contributed by atoms with Crippen molar-refractivity contribution in [2.24, 2.45) is 0 Å². The number of benzene rings is 2. The van der Waals surface area contributed by atoms with Crippen molar-refractivity contribution < 1.29 is 13.5 Å². The summed E-state index contributed by atoms with van der Waals surface area (Å²) in [7, 11) is -3.59. The fourth-order valence-electron chi connectivity index (χ4n) is 2.17. The van der Waals surface area contributed by atoms with Crippen LogP contribution in [0, 0.1) is 6.92 Å². The molecule has 0 bridgehead atoms. The fraction of sp³-hybridized carbons (Fsp3) is 0.250. The van der Waals surface area contributed by atoms with Gasteiger partial charge in [0, 0.05) is 6.54 Å². The lowest BCUT2D eigenvalue weighted by Gasteiger charge is -2.10. The van der Waals surface area contributed by atoms with Crippen molar-refractivity contribution in [3.8, 4) is 0 Å². The molecular formula is C16H19NO3S. The van der Waals surface area contributed by atoms with E-state index in [0.717, 1.165) is 11.1 Å². The third-order valence-corrected chi connectivity index (χ3v) is 4.78. The summed E-state index contributed by atoms with van der Waals surface area (Å²) in [4.78, 5) is 0.136. The standard InChI is InChI=1S/C16H19NO3S/c1-13-5-4-6-14(11-13)9-10-17-21(19,20)16-8-3-2-7-15(16)12-18/h2-8,11,17-18H,9-10,12H2,1H3. The molecule has 0 saturated carbocycles. The maximum atomic E-state index is 12.2. The van der Waals surface area contributed by atoms with Crippen LogP contribution < -0.4 is 4.72 Å². The number of hydrogen-bond acceptors (Lipinski definition) is 3. The molecule has 0 fully saturated rings. The molecule has 0 spiro atoms. The molecule has 2 N–H and O–H groups in total. The van der Waals surface area contributed by atoms with Gasteiger partial charge in [-0.25, -0.2) is 13.1 Å². The Morgan fingerprint density at radius 3 is 2.57 bits per heavy atom. The van der Waals surface area contributed by atoms with Crippen molar-refractivity contribution in [1.82, 2.24) is 4.72 Å². The van der Waals surface area contributed by atoms with Crippen LogP contribution in [0.5, 0.6) is 0 Å². The molecule has 0 amide bonds. The van der Waals surface area contributed by atoms with Crippen LogP contribution in [0.2, 0.25) is 0 Å². The Balaban J connectivity index is 2.05. The highest BCUT2D eigenvalue weighted by Crippen LogP contribution is 2.15. The van der Waals surface area contributed by atoms with Gasteiger partial charge in [-0.3, -0.25) is 0 Å². The second-order valence-electron chi connectivity index (χ2n) is 4.90. The summed E-state index contributed by atoms with van der Waals surface area (Å²) in [6.07, 6.45) is 0.627. The Labute approximate surface area is 125 Å². The first-order valence-electron chi connectivity index (χ1n) is 6.77.